The highest BCUT2D eigenvalue weighted by Crippen LogP contribution is 2.44. The minimum atomic E-state index is -0.427. The monoisotopic (exact) mass is 329 g/mol. The molecule has 1 heterocycles. The minimum absolute atomic E-state index is 0.0992. The van der Waals surface area contributed by atoms with E-state index in [4.69, 9.17) is 15.2 Å². The first-order valence-corrected chi connectivity index (χ1v) is 7.33. The number of rotatable bonds is 3. The molecule has 1 unspecified atom stereocenters. The van der Waals surface area contributed by atoms with Crippen LogP contribution in [-0.2, 0) is 0 Å². The van der Waals surface area contributed by atoms with Crippen LogP contribution in [0.25, 0.3) is 0 Å². The first kappa shape index (κ1) is 14.6. The van der Waals surface area contributed by atoms with Gasteiger partial charge in [-0.1, -0.05) is 29.8 Å². The maximum absolute atomic E-state index is 9.36. The molecule has 1 aliphatic heterocycles. The highest BCUT2D eigenvalue weighted by molar-refractivity contribution is 9.10. The molecular formula is C14H20BrNO3. The van der Waals surface area contributed by atoms with Crippen molar-refractivity contribution in [2.75, 3.05) is 19.8 Å². The van der Waals surface area contributed by atoms with Gasteiger partial charge in [-0.25, -0.2) is 0 Å². The number of aliphatic hydroxyl groups is 1. The highest BCUT2D eigenvalue weighted by Gasteiger charge is 2.25. The third kappa shape index (κ3) is 2.88. The van der Waals surface area contributed by atoms with E-state index in [-0.39, 0.29) is 12.5 Å². The number of nitrogens with two attached hydrogens (primary N) is 1. The van der Waals surface area contributed by atoms with E-state index < -0.39 is 6.04 Å². The Morgan fingerprint density at radius 3 is 2.63 bits per heavy atom. The van der Waals surface area contributed by atoms with Gasteiger partial charge >= 0.3 is 0 Å². The number of aliphatic hydroxyl groups excluding tert-OH is 1. The van der Waals surface area contributed by atoms with Gasteiger partial charge in [0.2, 0.25) is 0 Å². The van der Waals surface area contributed by atoms with Gasteiger partial charge in [0.05, 0.1) is 25.9 Å². The van der Waals surface area contributed by atoms with Crippen LogP contribution in [-0.4, -0.2) is 24.9 Å². The second-order valence-electron chi connectivity index (χ2n) is 5.01. The molecule has 5 heteroatoms. The van der Waals surface area contributed by atoms with E-state index in [0.29, 0.717) is 13.2 Å². The molecule has 0 aliphatic carbocycles. The first-order chi connectivity index (χ1) is 9.06. The zero-order chi connectivity index (χ0) is 14.0. The summed E-state index contributed by atoms with van der Waals surface area (Å²) in [5.41, 5.74) is 7.96. The Morgan fingerprint density at radius 2 is 2.00 bits per heavy atom. The van der Waals surface area contributed by atoms with Crippen molar-refractivity contribution in [3.63, 3.8) is 0 Å². The molecule has 0 saturated heterocycles. The zero-order valence-corrected chi connectivity index (χ0v) is 12.9. The van der Waals surface area contributed by atoms with E-state index in [9.17, 15) is 5.11 Å². The second kappa shape index (κ2) is 6.11. The first-order valence-electron chi connectivity index (χ1n) is 6.54. The van der Waals surface area contributed by atoms with Crippen molar-refractivity contribution in [3.05, 3.63) is 21.7 Å². The molecule has 1 aromatic rings. The zero-order valence-electron chi connectivity index (χ0n) is 11.3. The van der Waals surface area contributed by atoms with Crippen LogP contribution in [0.2, 0.25) is 0 Å². The van der Waals surface area contributed by atoms with Crippen LogP contribution in [0.4, 0.5) is 0 Å². The van der Waals surface area contributed by atoms with Crippen molar-refractivity contribution in [1.82, 2.24) is 0 Å². The summed E-state index contributed by atoms with van der Waals surface area (Å²) in [6, 6.07) is 1.46. The summed E-state index contributed by atoms with van der Waals surface area (Å²) in [5.74, 6) is 1.76. The Morgan fingerprint density at radius 1 is 1.32 bits per heavy atom. The summed E-state index contributed by atoms with van der Waals surface area (Å²) >= 11 is 3.53. The van der Waals surface area contributed by atoms with E-state index >= 15 is 0 Å². The molecule has 1 aromatic carbocycles. The SMILES string of the molecule is CC(C)c1c2c(cc(Br)c1C(N)CO)OCCCO2. The van der Waals surface area contributed by atoms with Gasteiger partial charge in [0.25, 0.3) is 0 Å². The number of benzene rings is 1. The summed E-state index contributed by atoms with van der Waals surface area (Å²) in [6.45, 7) is 5.37. The topological polar surface area (TPSA) is 64.7 Å². The smallest absolute Gasteiger partial charge is 0.165 e. The van der Waals surface area contributed by atoms with E-state index in [0.717, 1.165) is 33.5 Å². The Hall–Kier alpha value is -0.780. The Bertz CT molecular complexity index is 462. The number of fused-ring (bicyclic) bond motifs is 1. The normalized spacial score (nSPS) is 16.3. The predicted molar refractivity (Wildman–Crippen MR) is 77.9 cm³/mol. The summed E-state index contributed by atoms with van der Waals surface area (Å²) in [7, 11) is 0. The molecule has 1 aliphatic rings. The van der Waals surface area contributed by atoms with Gasteiger partial charge in [-0.05, 0) is 17.5 Å². The average molecular weight is 330 g/mol. The van der Waals surface area contributed by atoms with Crippen molar-refractivity contribution < 1.29 is 14.6 Å². The van der Waals surface area contributed by atoms with Crippen molar-refractivity contribution in [2.45, 2.75) is 32.2 Å². The average Bonchev–Trinajstić information content (AvgIpc) is 2.60. The lowest BCUT2D eigenvalue weighted by molar-refractivity contribution is 0.265. The number of hydrogen-bond donors (Lipinski definition) is 2. The van der Waals surface area contributed by atoms with E-state index in [1.165, 1.54) is 0 Å². The molecule has 0 bridgehead atoms. The molecule has 19 heavy (non-hydrogen) atoms. The Labute approximate surface area is 122 Å². The molecule has 0 saturated carbocycles. The van der Waals surface area contributed by atoms with Gasteiger partial charge in [0.15, 0.2) is 11.5 Å². The number of halogens is 1. The summed E-state index contributed by atoms with van der Waals surface area (Å²) in [4.78, 5) is 0. The lowest BCUT2D eigenvalue weighted by atomic mass is 9.91. The Kier molecular flexibility index (Phi) is 4.71. The standard InChI is InChI=1S/C14H20BrNO3/c1-8(2)12-13(10(16)7-17)9(15)6-11-14(12)19-5-3-4-18-11/h6,8,10,17H,3-5,7,16H2,1-2H3. The maximum atomic E-state index is 9.36. The summed E-state index contributed by atoms with van der Waals surface area (Å²) in [5, 5.41) is 9.36. The molecule has 0 amide bonds. The molecule has 0 aromatic heterocycles. The van der Waals surface area contributed by atoms with Crippen molar-refractivity contribution in [3.8, 4) is 11.5 Å². The van der Waals surface area contributed by atoms with Gasteiger partial charge in [-0.2, -0.15) is 0 Å². The third-order valence-corrected chi connectivity index (χ3v) is 3.87. The molecule has 0 spiro atoms. The van der Waals surface area contributed by atoms with E-state index in [2.05, 4.69) is 29.8 Å². The molecule has 2 rings (SSSR count). The molecular weight excluding hydrogens is 310 g/mol. The van der Waals surface area contributed by atoms with Gasteiger partial charge in [0.1, 0.15) is 0 Å². The van der Waals surface area contributed by atoms with Crippen LogP contribution < -0.4 is 15.2 Å². The second-order valence-corrected chi connectivity index (χ2v) is 5.86. The third-order valence-electron chi connectivity index (χ3n) is 3.21. The van der Waals surface area contributed by atoms with Gasteiger partial charge in [-0.3, -0.25) is 0 Å². The van der Waals surface area contributed by atoms with Crippen LogP contribution in [0.5, 0.6) is 11.5 Å². The van der Waals surface area contributed by atoms with Crippen molar-refractivity contribution >= 4 is 15.9 Å². The minimum Gasteiger partial charge on any atom is -0.490 e. The number of ether oxygens (including phenoxy) is 2. The fraction of sp³-hybridized carbons (Fsp3) is 0.571. The highest BCUT2D eigenvalue weighted by atomic mass is 79.9. The molecule has 4 nitrogen and oxygen atoms in total. The molecule has 0 radical (unpaired) electrons. The van der Waals surface area contributed by atoms with Gasteiger partial charge < -0.3 is 20.3 Å². The number of hydrogen-bond acceptors (Lipinski definition) is 4. The van der Waals surface area contributed by atoms with Crippen molar-refractivity contribution in [2.24, 2.45) is 5.73 Å². The van der Waals surface area contributed by atoms with Crippen LogP contribution in [0.1, 0.15) is 43.4 Å². The van der Waals surface area contributed by atoms with E-state index in [1.54, 1.807) is 0 Å². The molecule has 1 atom stereocenters. The van der Waals surface area contributed by atoms with Crippen LogP contribution in [0, 0.1) is 0 Å². The van der Waals surface area contributed by atoms with Crippen molar-refractivity contribution in [1.29, 1.82) is 0 Å². The lowest BCUT2D eigenvalue weighted by Gasteiger charge is -2.23. The predicted octanol–water partition coefficient (Wildman–Crippen LogP) is 2.73. The summed E-state index contributed by atoms with van der Waals surface area (Å²) < 4.78 is 12.4. The van der Waals surface area contributed by atoms with Crippen LogP contribution >= 0.6 is 15.9 Å². The molecule has 0 fully saturated rings. The fourth-order valence-corrected chi connectivity index (χ4v) is 3.07. The van der Waals surface area contributed by atoms with Crippen LogP contribution in [0.15, 0.2) is 10.5 Å². The van der Waals surface area contributed by atoms with Gasteiger partial charge in [-0.15, -0.1) is 0 Å². The Balaban J connectivity index is 2.64. The summed E-state index contributed by atoms with van der Waals surface area (Å²) in [6.07, 6.45) is 0.866. The largest absolute Gasteiger partial charge is 0.490 e. The molecule has 3 N–H and O–H groups in total. The fourth-order valence-electron chi connectivity index (χ4n) is 2.35. The van der Waals surface area contributed by atoms with Gasteiger partial charge in [0, 0.05) is 16.5 Å². The maximum Gasteiger partial charge on any atom is 0.165 e. The van der Waals surface area contributed by atoms with Crippen LogP contribution in [0.3, 0.4) is 0 Å². The quantitative estimate of drug-likeness (QED) is 0.894. The van der Waals surface area contributed by atoms with E-state index in [1.807, 2.05) is 6.07 Å². The lowest BCUT2D eigenvalue weighted by Crippen LogP contribution is -2.18. The molecule has 106 valence electrons.